The van der Waals surface area contributed by atoms with Gasteiger partial charge in [0.2, 0.25) is 5.91 Å². The van der Waals surface area contributed by atoms with Gasteiger partial charge >= 0.3 is 0 Å². The van der Waals surface area contributed by atoms with Crippen molar-refractivity contribution < 1.29 is 4.79 Å². The van der Waals surface area contributed by atoms with Crippen LogP contribution >= 0.6 is 11.6 Å². The lowest BCUT2D eigenvalue weighted by Crippen LogP contribution is -2.25. The van der Waals surface area contributed by atoms with Crippen molar-refractivity contribution in [2.24, 2.45) is 5.92 Å². The van der Waals surface area contributed by atoms with Crippen LogP contribution in [0, 0.1) is 5.92 Å². The maximum absolute atomic E-state index is 11.6. The molecule has 4 nitrogen and oxygen atoms in total. The van der Waals surface area contributed by atoms with Crippen LogP contribution in [-0.4, -0.2) is 22.4 Å². The van der Waals surface area contributed by atoms with Gasteiger partial charge in [-0.3, -0.25) is 9.69 Å². The van der Waals surface area contributed by atoms with Crippen molar-refractivity contribution in [1.29, 1.82) is 0 Å². The summed E-state index contributed by atoms with van der Waals surface area (Å²) in [5.74, 6) is 0.806. The summed E-state index contributed by atoms with van der Waals surface area (Å²) in [4.78, 5) is 21.2. The third-order valence-electron chi connectivity index (χ3n) is 2.37. The smallest absolute Gasteiger partial charge is 0.228 e. The minimum Gasteiger partial charge on any atom is -0.295 e. The lowest BCUT2D eigenvalue weighted by atomic mass is 10.1. The molecule has 5 heteroatoms. The van der Waals surface area contributed by atoms with E-state index in [1.807, 2.05) is 0 Å². The molecule has 0 N–H and O–H groups in total. The molecule has 1 unspecified atom stereocenters. The topological polar surface area (TPSA) is 46.1 Å². The average Bonchev–Trinajstić information content (AvgIpc) is 2.61. The predicted molar refractivity (Wildman–Crippen MR) is 57.7 cm³/mol. The Kier molecular flexibility index (Phi) is 2.68. The van der Waals surface area contributed by atoms with Gasteiger partial charge in [0.15, 0.2) is 5.82 Å². The maximum Gasteiger partial charge on any atom is 0.228 e. The highest BCUT2D eigenvalue weighted by Gasteiger charge is 2.29. The molecule has 0 aliphatic carbocycles. The number of rotatable bonds is 2. The Morgan fingerprint density at radius 2 is 2.33 bits per heavy atom. The van der Waals surface area contributed by atoms with Gasteiger partial charge in [0.1, 0.15) is 5.15 Å². The molecule has 1 aliphatic heterocycles. The summed E-state index contributed by atoms with van der Waals surface area (Å²) in [7, 11) is 0. The van der Waals surface area contributed by atoms with Crippen molar-refractivity contribution in [3.05, 3.63) is 30.2 Å². The fraction of sp³-hybridized carbons (Fsp3) is 0.300. The van der Waals surface area contributed by atoms with Crippen LogP contribution in [-0.2, 0) is 4.79 Å². The van der Waals surface area contributed by atoms with E-state index in [-0.39, 0.29) is 11.8 Å². The minimum absolute atomic E-state index is 0.0523. The van der Waals surface area contributed by atoms with E-state index in [2.05, 4.69) is 16.5 Å². The van der Waals surface area contributed by atoms with Crippen molar-refractivity contribution in [3.8, 4) is 0 Å². The highest BCUT2D eigenvalue weighted by molar-refractivity contribution is 6.29. The molecule has 0 radical (unpaired) electrons. The van der Waals surface area contributed by atoms with Crippen molar-refractivity contribution in [1.82, 2.24) is 9.97 Å². The molecule has 15 heavy (non-hydrogen) atoms. The molecule has 1 amide bonds. The van der Waals surface area contributed by atoms with Crippen LogP contribution < -0.4 is 4.90 Å². The molecule has 0 bridgehead atoms. The van der Waals surface area contributed by atoms with Crippen LogP contribution in [0.3, 0.4) is 0 Å². The zero-order valence-electron chi connectivity index (χ0n) is 8.06. The van der Waals surface area contributed by atoms with Gasteiger partial charge in [-0.15, -0.1) is 6.58 Å². The number of anilines is 1. The molecule has 1 fully saturated rings. The normalized spacial score (nSPS) is 20.7. The number of halogens is 1. The Morgan fingerprint density at radius 1 is 1.53 bits per heavy atom. The highest BCUT2D eigenvalue weighted by Crippen LogP contribution is 2.23. The molecular weight excluding hydrogens is 214 g/mol. The first-order chi connectivity index (χ1) is 7.20. The molecule has 1 atom stereocenters. The van der Waals surface area contributed by atoms with Crippen LogP contribution in [0.15, 0.2) is 25.0 Å². The second-order valence-corrected chi connectivity index (χ2v) is 3.79. The molecular formula is C10H10ClN3O. The number of aromatic nitrogens is 2. The predicted octanol–water partition coefficient (Wildman–Crippen LogP) is 1.67. The standard InChI is InChI=1S/C10H10ClN3O/c1-2-7-3-10(15)14(6-7)9-5-12-8(11)4-13-9/h2,4-5,7H,1,3,6H2. The zero-order chi connectivity index (χ0) is 10.8. The number of carbonyl (C=O) groups excluding carboxylic acids is 1. The van der Waals surface area contributed by atoms with Crippen molar-refractivity contribution in [3.63, 3.8) is 0 Å². The van der Waals surface area contributed by atoms with Crippen molar-refractivity contribution in [2.45, 2.75) is 6.42 Å². The third-order valence-corrected chi connectivity index (χ3v) is 2.57. The number of amides is 1. The quantitative estimate of drug-likeness (QED) is 0.717. The molecule has 1 aromatic heterocycles. The number of nitrogens with zero attached hydrogens (tertiary/aromatic N) is 3. The van der Waals surface area contributed by atoms with Gasteiger partial charge in [0.05, 0.1) is 12.4 Å². The Labute approximate surface area is 92.6 Å². The molecule has 1 aromatic rings. The summed E-state index contributed by atoms with van der Waals surface area (Å²) < 4.78 is 0. The monoisotopic (exact) mass is 223 g/mol. The van der Waals surface area contributed by atoms with E-state index in [1.165, 1.54) is 12.4 Å². The summed E-state index contributed by atoms with van der Waals surface area (Å²) in [5, 5.41) is 0.325. The van der Waals surface area contributed by atoms with Gasteiger partial charge in [-0.05, 0) is 0 Å². The number of hydrogen-bond acceptors (Lipinski definition) is 3. The third kappa shape index (κ3) is 1.99. The van der Waals surface area contributed by atoms with Crippen molar-refractivity contribution >= 4 is 23.3 Å². The Bertz CT molecular complexity index is 390. The van der Waals surface area contributed by atoms with Gasteiger partial charge in [0.25, 0.3) is 0 Å². The first-order valence-corrected chi connectivity index (χ1v) is 4.99. The highest BCUT2D eigenvalue weighted by atomic mass is 35.5. The second-order valence-electron chi connectivity index (χ2n) is 3.40. The summed E-state index contributed by atoms with van der Waals surface area (Å²) in [6.07, 6.45) is 5.23. The van der Waals surface area contributed by atoms with Crippen LogP contribution in [0.2, 0.25) is 5.15 Å². The minimum atomic E-state index is 0.0523. The van der Waals surface area contributed by atoms with E-state index in [0.29, 0.717) is 23.9 Å². The lowest BCUT2D eigenvalue weighted by molar-refractivity contribution is -0.117. The van der Waals surface area contributed by atoms with E-state index in [1.54, 1.807) is 11.0 Å². The zero-order valence-corrected chi connectivity index (χ0v) is 8.81. The number of carbonyl (C=O) groups is 1. The number of hydrogen-bond donors (Lipinski definition) is 0. The fourth-order valence-corrected chi connectivity index (χ4v) is 1.66. The molecule has 2 heterocycles. The summed E-state index contributed by atoms with van der Waals surface area (Å²) in [5.41, 5.74) is 0. The van der Waals surface area contributed by atoms with Gasteiger partial charge in [-0.25, -0.2) is 9.97 Å². The van der Waals surface area contributed by atoms with E-state index in [9.17, 15) is 4.79 Å². The molecule has 0 saturated carbocycles. The van der Waals surface area contributed by atoms with Crippen LogP contribution in [0.4, 0.5) is 5.82 Å². The van der Waals surface area contributed by atoms with E-state index >= 15 is 0 Å². The van der Waals surface area contributed by atoms with Gasteiger partial charge in [-0.2, -0.15) is 0 Å². The Balaban J connectivity index is 2.21. The van der Waals surface area contributed by atoms with E-state index in [4.69, 9.17) is 11.6 Å². The van der Waals surface area contributed by atoms with Gasteiger partial charge in [0, 0.05) is 18.9 Å². The van der Waals surface area contributed by atoms with Crippen molar-refractivity contribution in [2.75, 3.05) is 11.4 Å². The molecule has 0 aromatic carbocycles. The van der Waals surface area contributed by atoms with Gasteiger partial charge < -0.3 is 0 Å². The lowest BCUT2D eigenvalue weighted by Gasteiger charge is -2.13. The molecule has 78 valence electrons. The largest absolute Gasteiger partial charge is 0.295 e. The first-order valence-electron chi connectivity index (χ1n) is 4.61. The van der Waals surface area contributed by atoms with Crippen LogP contribution in [0.5, 0.6) is 0 Å². The first kappa shape index (κ1) is 10.1. The molecule has 0 spiro atoms. The average molecular weight is 224 g/mol. The van der Waals surface area contributed by atoms with E-state index in [0.717, 1.165) is 0 Å². The van der Waals surface area contributed by atoms with Crippen LogP contribution in [0.25, 0.3) is 0 Å². The second kappa shape index (κ2) is 3.98. The Morgan fingerprint density at radius 3 is 2.87 bits per heavy atom. The molecule has 2 rings (SSSR count). The van der Waals surface area contributed by atoms with E-state index < -0.39 is 0 Å². The Hall–Kier alpha value is -1.42. The maximum atomic E-state index is 11.6. The summed E-state index contributed by atoms with van der Waals surface area (Å²) in [6.45, 7) is 4.31. The fourth-order valence-electron chi connectivity index (χ4n) is 1.56. The SMILES string of the molecule is C=CC1CC(=O)N(c2cnc(Cl)cn2)C1. The summed E-state index contributed by atoms with van der Waals surface area (Å²) >= 11 is 5.62. The molecule has 1 saturated heterocycles. The van der Waals surface area contributed by atoms with Gasteiger partial charge in [-0.1, -0.05) is 17.7 Å². The summed E-state index contributed by atoms with van der Waals surface area (Å²) in [6, 6.07) is 0. The van der Waals surface area contributed by atoms with Crippen LogP contribution in [0.1, 0.15) is 6.42 Å². The molecule has 1 aliphatic rings.